The highest BCUT2D eigenvalue weighted by Gasteiger charge is 2.60. The van der Waals surface area contributed by atoms with Crippen molar-refractivity contribution in [3.63, 3.8) is 0 Å². The number of halogens is 9. The number of carbonyl (C=O) groups excluding carboxylic acids is 1. The number of sulfonamides is 1. The van der Waals surface area contributed by atoms with Gasteiger partial charge in [-0.25, -0.2) is 13.2 Å². The lowest BCUT2D eigenvalue weighted by molar-refractivity contribution is -0.308. The molecule has 0 aromatic heterocycles. The van der Waals surface area contributed by atoms with Crippen LogP contribution in [-0.4, -0.2) is 91.1 Å². The van der Waals surface area contributed by atoms with Gasteiger partial charge in [-0.1, -0.05) is 6.07 Å². The summed E-state index contributed by atoms with van der Waals surface area (Å²) >= 11 is 0. The third-order valence-corrected chi connectivity index (χ3v) is 8.40. The van der Waals surface area contributed by atoms with E-state index in [0.717, 1.165) is 12.1 Å². The molecule has 0 spiro atoms. The smallest absolute Gasteiger partial charge is 0.434 e. The van der Waals surface area contributed by atoms with Crippen LogP contribution in [-0.2, 0) is 27.5 Å². The molecular formula is C23H28F9N3O6S. The number of ether oxygens (including phenoxy) is 2. The van der Waals surface area contributed by atoms with Crippen LogP contribution in [0, 0.1) is 0 Å². The first-order chi connectivity index (χ1) is 19.0. The molecule has 2 N–H and O–H groups in total. The van der Waals surface area contributed by atoms with Gasteiger partial charge in [-0.15, -0.1) is 0 Å². The summed E-state index contributed by atoms with van der Waals surface area (Å²) in [7, 11) is -3.90. The molecule has 2 fully saturated rings. The van der Waals surface area contributed by atoms with Crippen LogP contribution in [0.4, 0.5) is 44.3 Å². The number of rotatable bonds is 9. The van der Waals surface area contributed by atoms with Crippen molar-refractivity contribution in [1.82, 2.24) is 14.5 Å². The van der Waals surface area contributed by atoms with Gasteiger partial charge in [0.2, 0.25) is 10.0 Å². The molecule has 3 rings (SSSR count). The number of aliphatic hydroxyl groups excluding tert-OH is 1. The van der Waals surface area contributed by atoms with E-state index >= 15 is 0 Å². The minimum Gasteiger partial charge on any atom is -0.483 e. The molecule has 1 aliphatic heterocycles. The number of alkyl halides is 9. The number of amides is 1. The van der Waals surface area contributed by atoms with Crippen molar-refractivity contribution in [2.24, 2.45) is 0 Å². The average Bonchev–Trinajstić information content (AvgIpc) is 3.68. The standard InChI is InChI=1S/C23H28F9N3O6S/c1-20(2,18(36)33-42(38,39)15-5-6-15)41-16-11-14(21(24,25)26)4-3-13(16)12-34-7-9-35(10-8-34)19(37)40-17(22(27,28)29)23(30,31)32/h3-4,11,15,17-18,33,36H,5-10,12H2,1-2H3. The fourth-order valence-electron chi connectivity index (χ4n) is 3.89. The van der Waals surface area contributed by atoms with Crippen LogP contribution >= 0.6 is 0 Å². The number of hydrogen-bond donors (Lipinski definition) is 2. The van der Waals surface area contributed by atoms with E-state index in [2.05, 4.69) is 9.46 Å². The molecule has 1 aromatic carbocycles. The van der Waals surface area contributed by atoms with Crippen molar-refractivity contribution in [3.8, 4) is 5.75 Å². The van der Waals surface area contributed by atoms with Crippen LogP contribution in [0.2, 0.25) is 0 Å². The highest BCUT2D eigenvalue weighted by molar-refractivity contribution is 7.90. The molecule has 240 valence electrons. The molecule has 0 bridgehead atoms. The van der Waals surface area contributed by atoms with Crippen molar-refractivity contribution >= 4 is 16.1 Å². The summed E-state index contributed by atoms with van der Waals surface area (Å²) < 4.78 is 152. The van der Waals surface area contributed by atoms with Crippen LogP contribution in [0.15, 0.2) is 18.2 Å². The maximum Gasteiger partial charge on any atom is 0.434 e. The third kappa shape index (κ3) is 8.76. The maximum atomic E-state index is 13.4. The molecule has 1 heterocycles. The Labute approximate surface area is 234 Å². The van der Waals surface area contributed by atoms with Gasteiger partial charge >= 0.3 is 24.6 Å². The summed E-state index contributed by atoms with van der Waals surface area (Å²) in [6, 6.07) is 2.48. The first-order valence-corrected chi connectivity index (χ1v) is 13.9. The molecule has 2 aliphatic rings. The lowest BCUT2D eigenvalue weighted by atomic mass is 10.1. The second-order valence-electron chi connectivity index (χ2n) is 10.4. The summed E-state index contributed by atoms with van der Waals surface area (Å²) in [4.78, 5) is 14.2. The SMILES string of the molecule is CC(C)(Oc1cc(C(F)(F)F)ccc1CN1CCN(C(=O)OC(C(F)(F)F)C(F)(F)F)CC1)C(O)NS(=O)(=O)C1CC1. The number of piperazine rings is 1. The molecule has 1 saturated heterocycles. The van der Waals surface area contributed by atoms with Gasteiger partial charge in [0.15, 0.2) is 6.23 Å². The molecule has 19 heteroatoms. The zero-order chi connectivity index (χ0) is 31.9. The molecule has 42 heavy (non-hydrogen) atoms. The monoisotopic (exact) mass is 645 g/mol. The van der Waals surface area contributed by atoms with Gasteiger partial charge in [-0.05, 0) is 38.8 Å². The number of nitrogens with one attached hydrogen (secondary N) is 1. The minimum absolute atomic E-state index is 0.106. The number of benzene rings is 1. The lowest BCUT2D eigenvalue weighted by Gasteiger charge is -2.36. The number of nitrogens with zero attached hydrogens (tertiary/aromatic N) is 2. The Morgan fingerprint density at radius 1 is 1.00 bits per heavy atom. The van der Waals surface area contributed by atoms with Crippen molar-refractivity contribution in [3.05, 3.63) is 29.3 Å². The number of carbonyl (C=O) groups is 1. The molecule has 1 saturated carbocycles. The fraction of sp³-hybridized carbons (Fsp3) is 0.696. The Morgan fingerprint density at radius 3 is 2.02 bits per heavy atom. The molecule has 1 amide bonds. The number of hydrogen-bond acceptors (Lipinski definition) is 7. The largest absolute Gasteiger partial charge is 0.483 e. The predicted octanol–water partition coefficient (Wildman–Crippen LogP) is 4.01. The van der Waals surface area contributed by atoms with E-state index in [9.17, 15) is 57.8 Å². The lowest BCUT2D eigenvalue weighted by Crippen LogP contribution is -2.53. The summed E-state index contributed by atoms with van der Waals surface area (Å²) in [6.07, 6.45) is -23.8. The first kappa shape index (κ1) is 34.0. The predicted molar refractivity (Wildman–Crippen MR) is 126 cm³/mol. The van der Waals surface area contributed by atoms with E-state index < -0.39 is 63.4 Å². The Balaban J connectivity index is 1.71. The van der Waals surface area contributed by atoms with Gasteiger partial charge < -0.3 is 19.5 Å². The summed E-state index contributed by atoms with van der Waals surface area (Å²) in [5.41, 5.74) is -2.74. The van der Waals surface area contributed by atoms with Crippen LogP contribution in [0.5, 0.6) is 5.75 Å². The highest BCUT2D eigenvalue weighted by Crippen LogP contribution is 2.37. The fourth-order valence-corrected chi connectivity index (χ4v) is 5.44. The van der Waals surface area contributed by atoms with E-state index in [1.165, 1.54) is 13.8 Å². The maximum absolute atomic E-state index is 13.4. The summed E-state index contributed by atoms with van der Waals surface area (Å²) in [6.45, 7) is 1.44. The average molecular weight is 646 g/mol. The zero-order valence-corrected chi connectivity index (χ0v) is 22.9. The Kier molecular flexibility index (Phi) is 9.61. The van der Waals surface area contributed by atoms with Crippen LogP contribution in [0.25, 0.3) is 0 Å². The third-order valence-electron chi connectivity index (χ3n) is 6.50. The molecular weight excluding hydrogens is 617 g/mol. The van der Waals surface area contributed by atoms with Crippen LogP contribution < -0.4 is 9.46 Å². The normalized spacial score (nSPS) is 18.7. The van der Waals surface area contributed by atoms with Gasteiger partial charge in [0.1, 0.15) is 11.4 Å². The van der Waals surface area contributed by atoms with Gasteiger partial charge in [-0.2, -0.15) is 44.2 Å². The van der Waals surface area contributed by atoms with Crippen molar-refractivity contribution in [2.45, 2.75) is 74.9 Å². The Hall–Kier alpha value is -2.51. The Morgan fingerprint density at radius 2 is 1.55 bits per heavy atom. The van der Waals surface area contributed by atoms with E-state index in [1.807, 2.05) is 0 Å². The van der Waals surface area contributed by atoms with Gasteiger partial charge in [0.05, 0.1) is 10.8 Å². The molecule has 1 aliphatic carbocycles. The van der Waals surface area contributed by atoms with E-state index in [1.54, 1.807) is 4.90 Å². The molecule has 9 nitrogen and oxygen atoms in total. The zero-order valence-electron chi connectivity index (χ0n) is 22.1. The van der Waals surface area contributed by atoms with Gasteiger partial charge in [0.25, 0.3) is 6.10 Å². The number of aliphatic hydroxyl groups is 1. The minimum atomic E-state index is -5.88. The van der Waals surface area contributed by atoms with E-state index in [0.29, 0.717) is 23.8 Å². The second kappa shape index (κ2) is 11.9. The van der Waals surface area contributed by atoms with E-state index in [4.69, 9.17) is 4.74 Å². The Bertz CT molecular complexity index is 1210. The molecule has 1 unspecified atom stereocenters. The van der Waals surface area contributed by atoms with Crippen molar-refractivity contribution in [2.75, 3.05) is 26.2 Å². The van der Waals surface area contributed by atoms with Gasteiger partial charge in [0, 0.05) is 38.3 Å². The molecule has 1 atom stereocenters. The van der Waals surface area contributed by atoms with Crippen LogP contribution in [0.1, 0.15) is 37.8 Å². The second-order valence-corrected chi connectivity index (χ2v) is 12.4. The topological polar surface area (TPSA) is 108 Å². The highest BCUT2D eigenvalue weighted by atomic mass is 32.2. The van der Waals surface area contributed by atoms with Gasteiger partial charge in [-0.3, -0.25) is 4.90 Å². The summed E-state index contributed by atoms with van der Waals surface area (Å²) in [5, 5.41) is 9.80. The summed E-state index contributed by atoms with van der Waals surface area (Å²) in [5.74, 6) is -0.362. The van der Waals surface area contributed by atoms with Crippen LogP contribution in [0.3, 0.4) is 0 Å². The van der Waals surface area contributed by atoms with Crippen molar-refractivity contribution in [1.29, 1.82) is 0 Å². The van der Waals surface area contributed by atoms with Crippen molar-refractivity contribution < 1.29 is 67.3 Å². The first-order valence-electron chi connectivity index (χ1n) is 12.4. The molecule has 1 aromatic rings. The molecule has 0 radical (unpaired) electrons. The van der Waals surface area contributed by atoms with E-state index in [-0.39, 0.29) is 44.0 Å². The quantitative estimate of drug-likeness (QED) is 0.309.